The Hall–Kier alpha value is -8.34. The molecular weight excluding hydrogens is 825 g/mol. The largest absolute Gasteiger partial charge is 0.341 e. The van der Waals surface area contributed by atoms with E-state index in [0.717, 1.165) is 37.3 Å². The second-order valence-corrected chi connectivity index (χ2v) is 18.5. The van der Waals surface area contributed by atoms with E-state index in [1.54, 1.807) is 0 Å². The van der Waals surface area contributed by atoms with Crippen LogP contribution in [-0.4, -0.2) is 18.3 Å². The predicted molar refractivity (Wildman–Crippen MR) is 289 cm³/mol. The third kappa shape index (κ3) is 5.73. The smallest absolute Gasteiger partial charge is 0.0541 e. The first-order valence-corrected chi connectivity index (χ1v) is 24.2. The highest BCUT2D eigenvalue weighted by molar-refractivity contribution is 6.13. The van der Waals surface area contributed by atoms with E-state index in [4.69, 9.17) is 0 Å². The number of nitrogens with zero attached hydrogens (tertiary/aromatic N) is 4. The van der Waals surface area contributed by atoms with Gasteiger partial charge in [0, 0.05) is 84.4 Å². The van der Waals surface area contributed by atoms with Crippen LogP contribution in [0.5, 0.6) is 0 Å². The normalized spacial score (nSPS) is 12.8. The Morgan fingerprint density at radius 3 is 1.21 bits per heavy atom. The van der Waals surface area contributed by atoms with Crippen molar-refractivity contribution in [2.45, 2.75) is 39.8 Å². The summed E-state index contributed by atoms with van der Waals surface area (Å²) in [6.07, 6.45) is 6.85. The average Bonchev–Trinajstić information content (AvgIpc) is 4.12. The monoisotopic (exact) mass is 872 g/mol. The van der Waals surface area contributed by atoms with E-state index in [0.29, 0.717) is 0 Å². The molecule has 4 nitrogen and oxygen atoms in total. The van der Waals surface area contributed by atoms with Crippen LogP contribution < -0.4 is 0 Å². The van der Waals surface area contributed by atoms with Gasteiger partial charge in [0.1, 0.15) is 0 Å². The Labute approximate surface area is 394 Å². The molecule has 1 aliphatic rings. The fourth-order valence-corrected chi connectivity index (χ4v) is 11.9. The van der Waals surface area contributed by atoms with Gasteiger partial charge in [0.2, 0.25) is 0 Å². The van der Waals surface area contributed by atoms with Crippen LogP contribution in [0.1, 0.15) is 31.5 Å². The van der Waals surface area contributed by atoms with Gasteiger partial charge in [0.15, 0.2) is 0 Å². The molecule has 4 heterocycles. The summed E-state index contributed by atoms with van der Waals surface area (Å²) in [6.45, 7) is 6.40. The second-order valence-electron chi connectivity index (χ2n) is 18.5. The molecule has 0 atom stereocenters. The SMILES string of the molecule is CCn1c2c(c3cc(-c4ccc5c(c4)c4ccccc4n5-c4ccc(-c5ccc(-n6c7ccccc7c7cc(-c8ccc9c(c8)c8ccccc8n9CC)ccc76)cc5)cc4)ccc31)CCC=C2. The van der Waals surface area contributed by atoms with E-state index in [1.165, 1.54) is 121 Å². The van der Waals surface area contributed by atoms with Gasteiger partial charge in [-0.1, -0.05) is 109 Å². The van der Waals surface area contributed by atoms with E-state index >= 15 is 0 Å². The molecule has 0 radical (unpaired) electrons. The fraction of sp³-hybridized carbons (Fsp3) is 0.0938. The third-order valence-electron chi connectivity index (χ3n) is 15.1. The molecule has 0 N–H and O–H groups in total. The Balaban J connectivity index is 0.791. The molecule has 13 aromatic rings. The Bertz CT molecular complexity index is 4200. The van der Waals surface area contributed by atoms with Crippen molar-refractivity contribution in [3.05, 3.63) is 211 Å². The lowest BCUT2D eigenvalue weighted by molar-refractivity contribution is 0.778. The van der Waals surface area contributed by atoms with Gasteiger partial charge in [0.25, 0.3) is 0 Å². The number of fused-ring (bicyclic) bond motifs is 12. The zero-order chi connectivity index (χ0) is 45.0. The maximum absolute atomic E-state index is 2.47. The Morgan fingerprint density at radius 2 is 0.706 bits per heavy atom. The first-order valence-electron chi connectivity index (χ1n) is 24.2. The first kappa shape index (κ1) is 38.9. The number of hydrogen-bond acceptors (Lipinski definition) is 0. The maximum Gasteiger partial charge on any atom is 0.0541 e. The van der Waals surface area contributed by atoms with Crippen LogP contribution in [-0.2, 0) is 19.5 Å². The molecule has 1 aliphatic carbocycles. The van der Waals surface area contributed by atoms with Crippen LogP contribution >= 0.6 is 0 Å². The van der Waals surface area contributed by atoms with Gasteiger partial charge in [0.05, 0.1) is 22.1 Å². The molecule has 0 saturated carbocycles. The molecule has 9 aromatic carbocycles. The molecule has 4 heteroatoms. The summed E-state index contributed by atoms with van der Waals surface area (Å²) in [6, 6.07) is 72.6. The molecule has 0 spiro atoms. The van der Waals surface area contributed by atoms with Gasteiger partial charge >= 0.3 is 0 Å². The van der Waals surface area contributed by atoms with Crippen molar-refractivity contribution in [1.29, 1.82) is 0 Å². The highest BCUT2D eigenvalue weighted by Gasteiger charge is 2.20. The van der Waals surface area contributed by atoms with Crippen molar-refractivity contribution in [1.82, 2.24) is 18.3 Å². The van der Waals surface area contributed by atoms with Crippen molar-refractivity contribution in [3.63, 3.8) is 0 Å². The predicted octanol–water partition coefficient (Wildman–Crippen LogP) is 16.9. The summed E-state index contributed by atoms with van der Waals surface area (Å²) in [7, 11) is 0. The zero-order valence-electron chi connectivity index (χ0n) is 38.2. The minimum absolute atomic E-state index is 0.945. The molecule has 0 unspecified atom stereocenters. The highest BCUT2D eigenvalue weighted by Crippen LogP contribution is 2.40. The highest BCUT2D eigenvalue weighted by atomic mass is 15.0. The lowest BCUT2D eigenvalue weighted by Gasteiger charge is -2.12. The number of aromatic nitrogens is 4. The van der Waals surface area contributed by atoms with E-state index in [2.05, 4.69) is 238 Å². The van der Waals surface area contributed by atoms with Gasteiger partial charge in [-0.2, -0.15) is 0 Å². The Morgan fingerprint density at radius 1 is 0.338 bits per heavy atom. The fourth-order valence-electron chi connectivity index (χ4n) is 11.9. The summed E-state index contributed by atoms with van der Waals surface area (Å²) in [4.78, 5) is 0. The summed E-state index contributed by atoms with van der Waals surface area (Å²) < 4.78 is 9.73. The van der Waals surface area contributed by atoms with Crippen molar-refractivity contribution in [2.75, 3.05) is 0 Å². The molecule has 0 amide bonds. The number of rotatable bonds is 7. The molecule has 0 fully saturated rings. The third-order valence-corrected chi connectivity index (χ3v) is 15.1. The minimum atomic E-state index is 0.945. The van der Waals surface area contributed by atoms with Gasteiger partial charge in [-0.3, -0.25) is 0 Å². The maximum atomic E-state index is 2.47. The molecule has 14 rings (SSSR count). The quantitative estimate of drug-likeness (QED) is 0.152. The van der Waals surface area contributed by atoms with Crippen LogP contribution in [0, 0.1) is 0 Å². The number of aryl methyl sites for hydroxylation is 3. The average molecular weight is 873 g/mol. The van der Waals surface area contributed by atoms with Gasteiger partial charge in [-0.25, -0.2) is 0 Å². The van der Waals surface area contributed by atoms with E-state index in [-0.39, 0.29) is 0 Å². The molecule has 0 bridgehead atoms. The van der Waals surface area contributed by atoms with Crippen molar-refractivity contribution in [3.8, 4) is 44.8 Å². The van der Waals surface area contributed by atoms with Crippen LogP contribution in [0.15, 0.2) is 200 Å². The van der Waals surface area contributed by atoms with Crippen LogP contribution in [0.3, 0.4) is 0 Å². The lowest BCUT2D eigenvalue weighted by atomic mass is 9.97. The molecule has 324 valence electrons. The van der Waals surface area contributed by atoms with E-state index in [1.807, 2.05) is 0 Å². The summed E-state index contributed by atoms with van der Waals surface area (Å²) in [5.74, 6) is 0. The van der Waals surface area contributed by atoms with E-state index in [9.17, 15) is 0 Å². The van der Waals surface area contributed by atoms with Crippen molar-refractivity contribution < 1.29 is 0 Å². The van der Waals surface area contributed by atoms with Crippen LogP contribution in [0.25, 0.3) is 127 Å². The van der Waals surface area contributed by atoms with Crippen molar-refractivity contribution >= 4 is 82.4 Å². The lowest BCUT2D eigenvalue weighted by Crippen LogP contribution is -1.99. The molecule has 68 heavy (non-hydrogen) atoms. The number of benzene rings is 9. The summed E-state index contributed by atoms with van der Waals surface area (Å²) in [5.41, 5.74) is 21.3. The zero-order valence-corrected chi connectivity index (χ0v) is 38.2. The number of allylic oxidation sites excluding steroid dienone is 1. The summed E-state index contributed by atoms with van der Waals surface area (Å²) >= 11 is 0. The second kappa shape index (κ2) is 15.1. The molecule has 4 aromatic heterocycles. The number of hydrogen-bond donors (Lipinski definition) is 0. The minimum Gasteiger partial charge on any atom is -0.341 e. The van der Waals surface area contributed by atoms with Gasteiger partial charge in [-0.05, 0) is 163 Å². The first-order chi connectivity index (χ1) is 33.6. The van der Waals surface area contributed by atoms with Crippen LogP contribution in [0.2, 0.25) is 0 Å². The molecule has 0 aliphatic heterocycles. The number of para-hydroxylation sites is 3. The van der Waals surface area contributed by atoms with Crippen molar-refractivity contribution in [2.24, 2.45) is 0 Å². The van der Waals surface area contributed by atoms with E-state index < -0.39 is 0 Å². The van der Waals surface area contributed by atoms with Gasteiger partial charge < -0.3 is 18.3 Å². The molecule has 0 saturated heterocycles. The van der Waals surface area contributed by atoms with Gasteiger partial charge in [-0.15, -0.1) is 0 Å². The molecular formula is C64H48N4. The topological polar surface area (TPSA) is 19.7 Å². The van der Waals surface area contributed by atoms with Crippen LogP contribution in [0.4, 0.5) is 0 Å². The standard InChI is InChI=1S/C64H48N4/c1-3-65-57-17-9-5-13-49(57)53-37-43(25-33-59(53)65)45-27-35-63-55(39-45)51-15-7-11-19-61(51)67(63)47-29-21-41(22-30-47)42-23-31-48(32-24-42)68-62-20-12-8-16-52(62)56-40-46(28-36-64(56)68)44-26-34-60-54(38-44)50-14-6-10-18-58(50)66(60)4-2/h5,7-13,15-40H,3-4,6,14H2,1-2H3. The Kier molecular flexibility index (Phi) is 8.63. The summed E-state index contributed by atoms with van der Waals surface area (Å²) in [5, 5.41) is 9.07.